The van der Waals surface area contributed by atoms with Crippen LogP contribution >= 0.6 is 23.2 Å². The van der Waals surface area contributed by atoms with Gasteiger partial charge in [-0.2, -0.15) is 0 Å². The molecule has 1 saturated heterocycles. The van der Waals surface area contributed by atoms with Crippen LogP contribution in [0.3, 0.4) is 0 Å². The smallest absolute Gasteiger partial charge is 0.247 e. The Kier molecular flexibility index (Phi) is 3.99. The van der Waals surface area contributed by atoms with Crippen LogP contribution in [0.15, 0.2) is 0 Å². The number of rotatable bonds is 3. The van der Waals surface area contributed by atoms with Gasteiger partial charge in [-0.05, 0) is 25.7 Å². The molecule has 0 aromatic heterocycles. The topological polar surface area (TPSA) is 92.3 Å². The molecular weight excluding hydrogens is 327 g/mol. The van der Waals surface area contributed by atoms with E-state index in [1.54, 1.807) is 6.92 Å². The van der Waals surface area contributed by atoms with Crippen LogP contribution < -0.4 is 10.9 Å². The van der Waals surface area contributed by atoms with Crippen LogP contribution in [0.1, 0.15) is 26.2 Å². The number of hydrogen-bond acceptors (Lipinski definition) is 4. The quantitative estimate of drug-likeness (QED) is 0.578. The summed E-state index contributed by atoms with van der Waals surface area (Å²) in [6.07, 6.45) is 0.878. The molecule has 9 heteroatoms. The molecule has 2 unspecified atom stereocenters. The molecule has 1 saturated carbocycles. The van der Waals surface area contributed by atoms with Gasteiger partial charge in [-0.3, -0.25) is 20.4 Å². The molecule has 0 radical (unpaired) electrons. The van der Waals surface area contributed by atoms with Crippen LogP contribution in [0.5, 0.6) is 0 Å². The largest absolute Gasteiger partial charge is 0.273 e. The first-order valence-corrected chi connectivity index (χ1v) is 8.81. The fourth-order valence-electron chi connectivity index (χ4n) is 2.26. The van der Waals surface area contributed by atoms with Crippen molar-refractivity contribution >= 4 is 44.9 Å². The number of hydrazine groups is 1. The van der Waals surface area contributed by atoms with E-state index in [4.69, 9.17) is 23.2 Å². The van der Waals surface area contributed by atoms with Gasteiger partial charge in [0.05, 0.1) is 16.9 Å². The molecule has 2 atom stereocenters. The lowest BCUT2D eigenvalue weighted by molar-refractivity contribution is -0.132. The first-order valence-electron chi connectivity index (χ1n) is 6.23. The van der Waals surface area contributed by atoms with E-state index in [0.29, 0.717) is 12.8 Å². The van der Waals surface area contributed by atoms with Crippen molar-refractivity contribution in [2.45, 2.75) is 30.5 Å². The number of carbonyl (C=O) groups excluding carboxylic acids is 2. The zero-order valence-corrected chi connectivity index (χ0v) is 13.2. The lowest BCUT2D eigenvalue weighted by Crippen LogP contribution is -2.46. The Morgan fingerprint density at radius 1 is 1.30 bits per heavy atom. The third-order valence-corrected chi connectivity index (χ3v) is 6.81. The Morgan fingerprint density at radius 3 is 2.35 bits per heavy atom. The Morgan fingerprint density at radius 2 is 1.90 bits per heavy atom. The molecule has 20 heavy (non-hydrogen) atoms. The summed E-state index contributed by atoms with van der Waals surface area (Å²) in [5.41, 5.74) is 3.65. The summed E-state index contributed by atoms with van der Waals surface area (Å²) in [7, 11) is -3.00. The van der Waals surface area contributed by atoms with Crippen molar-refractivity contribution < 1.29 is 18.0 Å². The summed E-state index contributed by atoms with van der Waals surface area (Å²) in [6.45, 7) is 1.61. The lowest BCUT2D eigenvalue weighted by Gasteiger charge is -2.14. The second-order valence-corrected chi connectivity index (χ2v) is 9.40. The van der Waals surface area contributed by atoms with Crippen LogP contribution in [0, 0.1) is 11.3 Å². The minimum absolute atomic E-state index is 0.0263. The van der Waals surface area contributed by atoms with Gasteiger partial charge in [0.25, 0.3) is 0 Å². The van der Waals surface area contributed by atoms with E-state index in [1.165, 1.54) is 0 Å². The summed E-state index contributed by atoms with van der Waals surface area (Å²) in [5, 5.41) is 0. The molecule has 1 heterocycles. The van der Waals surface area contributed by atoms with Gasteiger partial charge in [0.2, 0.25) is 11.8 Å². The second kappa shape index (κ2) is 5.03. The zero-order chi connectivity index (χ0) is 15.2. The third-order valence-electron chi connectivity index (χ3n) is 3.88. The van der Waals surface area contributed by atoms with E-state index in [-0.39, 0.29) is 23.8 Å². The van der Waals surface area contributed by atoms with E-state index >= 15 is 0 Å². The summed E-state index contributed by atoms with van der Waals surface area (Å²) < 4.78 is 21.4. The number of halogens is 2. The molecule has 0 spiro atoms. The van der Waals surface area contributed by atoms with E-state index in [2.05, 4.69) is 10.9 Å². The van der Waals surface area contributed by atoms with Crippen LogP contribution in [-0.4, -0.2) is 36.1 Å². The minimum Gasteiger partial charge on any atom is -0.273 e. The van der Waals surface area contributed by atoms with Crippen LogP contribution in [-0.2, 0) is 19.4 Å². The summed E-state index contributed by atoms with van der Waals surface area (Å²) in [5.74, 6) is -0.905. The summed E-state index contributed by atoms with van der Waals surface area (Å²) in [4.78, 5) is 23.4. The summed E-state index contributed by atoms with van der Waals surface area (Å²) in [6, 6.07) is 0. The van der Waals surface area contributed by atoms with Crippen LogP contribution in [0.4, 0.5) is 0 Å². The predicted octanol–water partition coefficient (Wildman–Crippen LogP) is 0.543. The van der Waals surface area contributed by atoms with Crippen LogP contribution in [0.25, 0.3) is 0 Å². The number of alkyl halides is 2. The van der Waals surface area contributed by atoms with Crippen molar-refractivity contribution in [1.82, 2.24) is 10.9 Å². The molecule has 1 aliphatic heterocycles. The fourth-order valence-corrected chi connectivity index (χ4v) is 4.82. The average Bonchev–Trinajstić information content (AvgIpc) is 2.63. The van der Waals surface area contributed by atoms with Gasteiger partial charge in [0, 0.05) is 6.42 Å². The highest BCUT2D eigenvalue weighted by Crippen LogP contribution is 2.63. The van der Waals surface area contributed by atoms with Gasteiger partial charge in [-0.25, -0.2) is 8.42 Å². The van der Waals surface area contributed by atoms with Gasteiger partial charge in [0.1, 0.15) is 4.33 Å². The Bertz CT molecular complexity index is 549. The van der Waals surface area contributed by atoms with Gasteiger partial charge >= 0.3 is 0 Å². The Labute approximate surface area is 127 Å². The molecule has 0 bridgehead atoms. The molecule has 1 aliphatic carbocycles. The van der Waals surface area contributed by atoms with Gasteiger partial charge in [-0.15, -0.1) is 23.2 Å². The SMILES string of the molecule is CC1(C(=O)NNC(=O)CC2CCS(=O)(=O)C2)CC1(Cl)Cl. The lowest BCUT2D eigenvalue weighted by atomic mass is 10.1. The van der Waals surface area contributed by atoms with E-state index in [0.717, 1.165) is 0 Å². The van der Waals surface area contributed by atoms with Crippen molar-refractivity contribution in [1.29, 1.82) is 0 Å². The maximum Gasteiger partial charge on any atom is 0.247 e. The molecule has 6 nitrogen and oxygen atoms in total. The molecule has 114 valence electrons. The van der Waals surface area contributed by atoms with E-state index in [9.17, 15) is 18.0 Å². The molecule has 0 aromatic carbocycles. The first-order chi connectivity index (χ1) is 9.06. The van der Waals surface area contributed by atoms with Crippen molar-refractivity contribution in [2.75, 3.05) is 11.5 Å². The second-order valence-electron chi connectivity index (χ2n) is 5.69. The summed E-state index contributed by atoms with van der Waals surface area (Å²) >= 11 is 11.7. The maximum absolute atomic E-state index is 11.8. The van der Waals surface area contributed by atoms with Crippen molar-refractivity contribution in [2.24, 2.45) is 11.3 Å². The molecule has 2 aliphatic rings. The first kappa shape index (κ1) is 15.9. The Hall–Kier alpha value is -0.530. The van der Waals surface area contributed by atoms with Gasteiger partial charge in [-0.1, -0.05) is 0 Å². The monoisotopic (exact) mass is 342 g/mol. The fraction of sp³-hybridized carbons (Fsp3) is 0.818. The number of hydrogen-bond donors (Lipinski definition) is 2. The molecule has 2 amide bonds. The number of carbonyl (C=O) groups is 2. The molecule has 2 rings (SSSR count). The molecule has 0 aromatic rings. The van der Waals surface area contributed by atoms with Gasteiger partial charge < -0.3 is 0 Å². The zero-order valence-electron chi connectivity index (χ0n) is 10.9. The van der Waals surface area contributed by atoms with Crippen molar-refractivity contribution in [3.63, 3.8) is 0 Å². The highest BCUT2D eigenvalue weighted by atomic mass is 35.5. The average molecular weight is 343 g/mol. The molecule has 2 N–H and O–H groups in total. The highest BCUT2D eigenvalue weighted by Gasteiger charge is 2.68. The van der Waals surface area contributed by atoms with Crippen molar-refractivity contribution in [3.05, 3.63) is 0 Å². The number of sulfone groups is 1. The van der Waals surface area contributed by atoms with E-state index < -0.39 is 31.4 Å². The molecular formula is C11H16Cl2N2O4S. The Balaban J connectivity index is 1.75. The third kappa shape index (κ3) is 3.20. The normalized spacial score (nSPS) is 33.5. The van der Waals surface area contributed by atoms with Gasteiger partial charge in [0.15, 0.2) is 9.84 Å². The maximum atomic E-state index is 11.8. The predicted molar refractivity (Wildman–Crippen MR) is 74.8 cm³/mol. The molecule has 2 fully saturated rings. The standard InChI is InChI=1S/C11H16Cl2N2O4S/c1-10(6-11(10,12)13)9(17)15-14-8(16)4-7-2-3-20(18,19)5-7/h7H,2-6H2,1H3,(H,14,16)(H,15,17). The highest BCUT2D eigenvalue weighted by molar-refractivity contribution is 7.91. The minimum atomic E-state index is -3.00. The number of nitrogens with one attached hydrogen (secondary N) is 2. The van der Waals surface area contributed by atoms with Crippen LogP contribution in [0.2, 0.25) is 0 Å². The number of amides is 2. The van der Waals surface area contributed by atoms with Crippen molar-refractivity contribution in [3.8, 4) is 0 Å². The van der Waals surface area contributed by atoms with E-state index in [1.807, 2.05) is 0 Å².